The molecule has 1 saturated carbocycles. The highest BCUT2D eigenvalue weighted by Crippen LogP contribution is 2.43. The van der Waals surface area contributed by atoms with Crippen LogP contribution >= 0.6 is 0 Å². The lowest BCUT2D eigenvalue weighted by molar-refractivity contribution is -0.132. The molecule has 0 aromatic carbocycles. The van der Waals surface area contributed by atoms with Crippen molar-refractivity contribution < 1.29 is 4.79 Å². The van der Waals surface area contributed by atoms with Crippen molar-refractivity contribution in [1.29, 1.82) is 0 Å². The molecule has 2 saturated heterocycles. The number of carbonyl (C=O) groups excluding carboxylic acids is 1. The first-order valence-corrected chi connectivity index (χ1v) is 6.87. The monoisotopic (exact) mass is 222 g/mol. The van der Waals surface area contributed by atoms with Gasteiger partial charge in [-0.3, -0.25) is 10.1 Å². The molecular weight excluding hydrogens is 200 g/mol. The van der Waals surface area contributed by atoms with Crippen molar-refractivity contribution in [2.24, 2.45) is 0 Å². The van der Waals surface area contributed by atoms with E-state index in [1.54, 1.807) is 0 Å². The predicted octanol–water partition coefficient (Wildman–Crippen LogP) is 2.02. The average Bonchev–Trinajstić information content (AvgIpc) is 2.75. The summed E-state index contributed by atoms with van der Waals surface area (Å²) in [4.78, 5) is 14.3. The SMILES string of the molecule is CCC[C@]12CCC(=O)N1[C@@H]1CCCC[C@H]1N2. The first-order chi connectivity index (χ1) is 7.77. The Bertz CT molecular complexity index is 304. The highest BCUT2D eigenvalue weighted by atomic mass is 16.2. The maximum Gasteiger partial charge on any atom is 0.224 e. The molecule has 0 unspecified atom stereocenters. The van der Waals surface area contributed by atoms with E-state index in [0.717, 1.165) is 25.7 Å². The normalized spacial score (nSPS) is 42.3. The van der Waals surface area contributed by atoms with Crippen LogP contribution in [-0.4, -0.2) is 28.6 Å². The molecule has 0 spiro atoms. The van der Waals surface area contributed by atoms with Gasteiger partial charge in [-0.05, 0) is 25.7 Å². The summed E-state index contributed by atoms with van der Waals surface area (Å²) in [6.07, 6.45) is 9.20. The molecule has 0 aromatic rings. The van der Waals surface area contributed by atoms with Crippen molar-refractivity contribution in [2.45, 2.75) is 76.0 Å². The molecule has 2 aliphatic heterocycles. The van der Waals surface area contributed by atoms with Gasteiger partial charge in [-0.15, -0.1) is 0 Å². The third-order valence-corrected chi connectivity index (χ3v) is 4.66. The fourth-order valence-electron chi connectivity index (χ4n) is 4.10. The summed E-state index contributed by atoms with van der Waals surface area (Å²) in [5.74, 6) is 0.398. The lowest BCUT2D eigenvalue weighted by Gasteiger charge is -2.35. The number of carbonyl (C=O) groups is 1. The van der Waals surface area contributed by atoms with Crippen LogP contribution in [0.25, 0.3) is 0 Å². The summed E-state index contributed by atoms with van der Waals surface area (Å²) < 4.78 is 0. The Labute approximate surface area is 97.6 Å². The third kappa shape index (κ3) is 1.33. The molecule has 1 N–H and O–H groups in total. The average molecular weight is 222 g/mol. The molecule has 2 heterocycles. The van der Waals surface area contributed by atoms with Gasteiger partial charge in [0.05, 0.1) is 5.66 Å². The molecular formula is C13H22N2O. The Balaban J connectivity index is 1.89. The molecule has 0 radical (unpaired) electrons. The minimum atomic E-state index is 0.0471. The van der Waals surface area contributed by atoms with E-state index in [9.17, 15) is 4.79 Å². The molecule has 0 aromatic heterocycles. The molecule has 3 fully saturated rings. The van der Waals surface area contributed by atoms with Gasteiger partial charge in [-0.25, -0.2) is 0 Å². The lowest BCUT2D eigenvalue weighted by Crippen LogP contribution is -2.49. The van der Waals surface area contributed by atoms with E-state index in [0.29, 0.717) is 18.0 Å². The van der Waals surface area contributed by atoms with Gasteiger partial charge in [-0.1, -0.05) is 26.2 Å². The van der Waals surface area contributed by atoms with Gasteiger partial charge >= 0.3 is 0 Å². The second-order valence-electron chi connectivity index (χ2n) is 5.65. The van der Waals surface area contributed by atoms with Gasteiger partial charge in [0.2, 0.25) is 5.91 Å². The number of amides is 1. The van der Waals surface area contributed by atoms with E-state index in [1.165, 1.54) is 25.7 Å². The maximum atomic E-state index is 12.1. The largest absolute Gasteiger partial charge is 0.320 e. The second kappa shape index (κ2) is 3.73. The van der Waals surface area contributed by atoms with Crippen LogP contribution in [0.1, 0.15) is 58.3 Å². The fourth-order valence-corrected chi connectivity index (χ4v) is 4.10. The van der Waals surface area contributed by atoms with Gasteiger partial charge in [0.1, 0.15) is 0 Å². The zero-order chi connectivity index (χ0) is 11.2. The zero-order valence-electron chi connectivity index (χ0n) is 10.2. The Morgan fingerprint density at radius 1 is 1.44 bits per heavy atom. The van der Waals surface area contributed by atoms with Crippen LogP contribution in [0.2, 0.25) is 0 Å². The molecule has 3 aliphatic rings. The predicted molar refractivity (Wildman–Crippen MR) is 62.9 cm³/mol. The van der Waals surface area contributed by atoms with E-state index in [1.807, 2.05) is 0 Å². The van der Waals surface area contributed by atoms with Gasteiger partial charge < -0.3 is 4.90 Å². The van der Waals surface area contributed by atoms with Gasteiger partial charge in [0, 0.05) is 18.5 Å². The Hall–Kier alpha value is -0.570. The van der Waals surface area contributed by atoms with E-state index >= 15 is 0 Å². The number of hydrogen-bond donors (Lipinski definition) is 1. The fraction of sp³-hybridized carbons (Fsp3) is 0.923. The Morgan fingerprint density at radius 3 is 3.06 bits per heavy atom. The molecule has 90 valence electrons. The number of nitrogens with zero attached hydrogens (tertiary/aromatic N) is 1. The number of fused-ring (bicyclic) bond motifs is 3. The van der Waals surface area contributed by atoms with E-state index in [4.69, 9.17) is 0 Å². The first-order valence-electron chi connectivity index (χ1n) is 6.87. The van der Waals surface area contributed by atoms with E-state index in [2.05, 4.69) is 17.1 Å². The molecule has 3 atom stereocenters. The zero-order valence-corrected chi connectivity index (χ0v) is 10.2. The summed E-state index contributed by atoms with van der Waals surface area (Å²) in [6, 6.07) is 1.10. The van der Waals surface area contributed by atoms with Crippen molar-refractivity contribution in [3.8, 4) is 0 Å². The molecule has 3 heteroatoms. The van der Waals surface area contributed by atoms with E-state index < -0.39 is 0 Å². The van der Waals surface area contributed by atoms with Gasteiger partial charge in [-0.2, -0.15) is 0 Å². The van der Waals surface area contributed by atoms with Crippen LogP contribution < -0.4 is 5.32 Å². The van der Waals surface area contributed by atoms with Crippen LogP contribution in [-0.2, 0) is 4.79 Å². The molecule has 1 amide bonds. The van der Waals surface area contributed by atoms with Crippen molar-refractivity contribution in [2.75, 3.05) is 0 Å². The quantitative estimate of drug-likeness (QED) is 0.775. The summed E-state index contributed by atoms with van der Waals surface area (Å²) in [5, 5.41) is 3.80. The van der Waals surface area contributed by atoms with Crippen molar-refractivity contribution in [3.63, 3.8) is 0 Å². The van der Waals surface area contributed by atoms with Crippen LogP contribution in [0, 0.1) is 0 Å². The molecule has 0 bridgehead atoms. The van der Waals surface area contributed by atoms with Crippen LogP contribution in [0.15, 0.2) is 0 Å². The van der Waals surface area contributed by atoms with Crippen LogP contribution in [0.3, 0.4) is 0 Å². The molecule has 3 nitrogen and oxygen atoms in total. The Morgan fingerprint density at radius 2 is 2.25 bits per heavy atom. The number of hydrogen-bond acceptors (Lipinski definition) is 2. The minimum absolute atomic E-state index is 0.0471. The summed E-state index contributed by atoms with van der Waals surface area (Å²) >= 11 is 0. The summed E-state index contributed by atoms with van der Waals surface area (Å²) in [7, 11) is 0. The highest BCUT2D eigenvalue weighted by Gasteiger charge is 2.56. The van der Waals surface area contributed by atoms with Crippen molar-refractivity contribution in [1.82, 2.24) is 10.2 Å². The molecule has 16 heavy (non-hydrogen) atoms. The standard InChI is InChI=1S/C13H22N2O/c1-2-8-13-9-7-12(16)15(13)11-6-4-3-5-10(11)14-13/h10-11,14H,2-9H2,1H3/t10-,11-,13-/m1/s1. The maximum absolute atomic E-state index is 12.1. The topological polar surface area (TPSA) is 32.3 Å². The van der Waals surface area contributed by atoms with Crippen molar-refractivity contribution >= 4 is 5.91 Å². The van der Waals surface area contributed by atoms with E-state index in [-0.39, 0.29) is 5.66 Å². The smallest absolute Gasteiger partial charge is 0.224 e. The number of nitrogens with one attached hydrogen (secondary N) is 1. The highest BCUT2D eigenvalue weighted by molar-refractivity contribution is 5.80. The summed E-state index contributed by atoms with van der Waals surface area (Å²) in [5.41, 5.74) is 0.0471. The van der Waals surface area contributed by atoms with Gasteiger partial charge in [0.15, 0.2) is 0 Å². The van der Waals surface area contributed by atoms with Gasteiger partial charge in [0.25, 0.3) is 0 Å². The molecule has 3 rings (SSSR count). The third-order valence-electron chi connectivity index (χ3n) is 4.66. The minimum Gasteiger partial charge on any atom is -0.320 e. The number of rotatable bonds is 2. The van der Waals surface area contributed by atoms with Crippen LogP contribution in [0.5, 0.6) is 0 Å². The summed E-state index contributed by atoms with van der Waals surface area (Å²) in [6.45, 7) is 2.22. The molecule has 1 aliphatic carbocycles. The second-order valence-corrected chi connectivity index (χ2v) is 5.65. The van der Waals surface area contributed by atoms with Crippen LogP contribution in [0.4, 0.5) is 0 Å². The first kappa shape index (κ1) is 10.6. The van der Waals surface area contributed by atoms with Crippen molar-refractivity contribution in [3.05, 3.63) is 0 Å². The Kier molecular flexibility index (Phi) is 2.46. The lowest BCUT2D eigenvalue weighted by atomic mass is 9.91.